The summed E-state index contributed by atoms with van der Waals surface area (Å²) in [6.45, 7) is 5.42. The largest absolute Gasteiger partial charge is 0.381 e. The first kappa shape index (κ1) is 22.0. The van der Waals surface area contributed by atoms with Crippen LogP contribution in [-0.2, 0) is 21.3 Å². The topological polar surface area (TPSA) is 77.5 Å². The Labute approximate surface area is 174 Å². The molecule has 0 aliphatic carbocycles. The zero-order chi connectivity index (χ0) is 20.9. The summed E-state index contributed by atoms with van der Waals surface area (Å²) in [5.74, 6) is 1.26. The van der Waals surface area contributed by atoms with Crippen LogP contribution in [0.3, 0.4) is 0 Å². The molecule has 8 nitrogen and oxygen atoms in total. The van der Waals surface area contributed by atoms with Gasteiger partial charge in [0.25, 0.3) is 0 Å². The lowest BCUT2D eigenvalue weighted by Gasteiger charge is -2.32. The highest BCUT2D eigenvalue weighted by atomic mass is 32.2. The minimum Gasteiger partial charge on any atom is -0.381 e. The molecular weight excluding hydrogens is 390 g/mol. The smallest absolute Gasteiger partial charge is 0.243 e. The number of nitrogens with one attached hydrogen (secondary N) is 1. The SMILES string of the molecule is CN=C(NCc1ccccc1S(=O)(=O)N1CCN(C)CC1)N(C)CC1CCOC1. The lowest BCUT2D eigenvalue weighted by Crippen LogP contribution is -2.47. The molecule has 3 rings (SSSR count). The van der Waals surface area contributed by atoms with E-state index in [-0.39, 0.29) is 0 Å². The Hall–Kier alpha value is -1.68. The summed E-state index contributed by atoms with van der Waals surface area (Å²) in [5.41, 5.74) is 0.755. The maximum Gasteiger partial charge on any atom is 0.243 e. The average molecular weight is 424 g/mol. The van der Waals surface area contributed by atoms with Gasteiger partial charge in [-0.2, -0.15) is 4.31 Å². The number of sulfonamides is 1. The number of piperazine rings is 1. The zero-order valence-corrected chi connectivity index (χ0v) is 18.5. The van der Waals surface area contributed by atoms with E-state index in [2.05, 4.69) is 20.1 Å². The monoisotopic (exact) mass is 423 g/mol. The molecule has 2 saturated heterocycles. The highest BCUT2D eigenvalue weighted by Crippen LogP contribution is 2.21. The highest BCUT2D eigenvalue weighted by molar-refractivity contribution is 7.89. The second-order valence-electron chi connectivity index (χ2n) is 7.83. The van der Waals surface area contributed by atoms with Gasteiger partial charge >= 0.3 is 0 Å². The molecule has 0 spiro atoms. The number of hydrogen-bond donors (Lipinski definition) is 1. The molecule has 2 fully saturated rings. The van der Waals surface area contributed by atoms with E-state index in [0.29, 0.717) is 30.4 Å². The van der Waals surface area contributed by atoms with Gasteiger partial charge in [-0.3, -0.25) is 4.99 Å². The van der Waals surface area contributed by atoms with E-state index in [4.69, 9.17) is 4.74 Å². The third-order valence-corrected chi connectivity index (χ3v) is 7.62. The Kier molecular flexibility index (Phi) is 7.50. The summed E-state index contributed by atoms with van der Waals surface area (Å²) in [7, 11) is 2.25. The van der Waals surface area contributed by atoms with Gasteiger partial charge in [0.15, 0.2) is 5.96 Å². The van der Waals surface area contributed by atoms with Crippen LogP contribution >= 0.6 is 0 Å². The van der Waals surface area contributed by atoms with Crippen molar-refractivity contribution in [3.63, 3.8) is 0 Å². The van der Waals surface area contributed by atoms with Crippen LogP contribution in [0.15, 0.2) is 34.2 Å². The third kappa shape index (κ3) is 5.48. The second kappa shape index (κ2) is 9.88. The summed E-state index contributed by atoms with van der Waals surface area (Å²) in [4.78, 5) is 8.96. The fraction of sp³-hybridized carbons (Fsp3) is 0.650. The molecule has 1 N–H and O–H groups in total. The molecule has 1 aromatic rings. The maximum atomic E-state index is 13.2. The minimum absolute atomic E-state index is 0.374. The first-order valence-corrected chi connectivity index (χ1v) is 11.6. The van der Waals surface area contributed by atoms with Gasteiger partial charge in [0.2, 0.25) is 10.0 Å². The molecule has 1 unspecified atom stereocenters. The molecule has 1 aromatic carbocycles. The number of rotatable bonds is 6. The van der Waals surface area contributed by atoms with Crippen molar-refractivity contribution in [1.29, 1.82) is 0 Å². The molecule has 0 aromatic heterocycles. The quantitative estimate of drug-likeness (QED) is 0.535. The van der Waals surface area contributed by atoms with Gasteiger partial charge in [0.05, 0.1) is 11.5 Å². The molecule has 0 radical (unpaired) electrons. The molecular formula is C20H33N5O3S. The van der Waals surface area contributed by atoms with Gasteiger partial charge in [-0.05, 0) is 25.1 Å². The van der Waals surface area contributed by atoms with Crippen LogP contribution in [0.1, 0.15) is 12.0 Å². The van der Waals surface area contributed by atoms with Gasteiger partial charge < -0.3 is 19.9 Å². The first-order chi connectivity index (χ1) is 13.9. The summed E-state index contributed by atoms with van der Waals surface area (Å²) >= 11 is 0. The van der Waals surface area contributed by atoms with Crippen molar-refractivity contribution in [1.82, 2.24) is 19.4 Å². The van der Waals surface area contributed by atoms with E-state index in [1.807, 2.05) is 26.2 Å². The number of nitrogens with zero attached hydrogens (tertiary/aromatic N) is 4. The van der Waals surface area contributed by atoms with Crippen LogP contribution in [0.4, 0.5) is 0 Å². The predicted molar refractivity (Wildman–Crippen MR) is 114 cm³/mol. The number of likely N-dealkylation sites (N-methyl/N-ethyl adjacent to an activating group) is 1. The standard InChI is InChI=1S/C20H33N5O3S/c1-21-20(24(3)15-17-8-13-28-16-17)22-14-18-6-4-5-7-19(18)29(26,27)25-11-9-23(2)10-12-25/h4-7,17H,8-16H2,1-3H3,(H,21,22). The summed E-state index contributed by atoms with van der Waals surface area (Å²) in [6.07, 6.45) is 1.06. The molecule has 29 heavy (non-hydrogen) atoms. The van der Waals surface area contributed by atoms with E-state index >= 15 is 0 Å². The normalized spacial score (nSPS) is 22.0. The zero-order valence-electron chi connectivity index (χ0n) is 17.7. The molecule has 2 heterocycles. The van der Waals surface area contributed by atoms with Crippen molar-refractivity contribution in [2.24, 2.45) is 10.9 Å². The van der Waals surface area contributed by atoms with E-state index in [1.165, 1.54) is 0 Å². The number of aliphatic imine (C=N–C) groups is 1. The minimum atomic E-state index is -3.51. The summed E-state index contributed by atoms with van der Waals surface area (Å²) in [6, 6.07) is 7.23. The molecule has 2 aliphatic heterocycles. The van der Waals surface area contributed by atoms with E-state index in [0.717, 1.165) is 50.8 Å². The van der Waals surface area contributed by atoms with Crippen LogP contribution in [0, 0.1) is 5.92 Å². The predicted octanol–water partition coefficient (Wildman–Crippen LogP) is 0.666. The second-order valence-corrected chi connectivity index (χ2v) is 9.73. The van der Waals surface area contributed by atoms with Crippen LogP contribution in [0.25, 0.3) is 0 Å². The average Bonchev–Trinajstić information content (AvgIpc) is 3.22. The fourth-order valence-corrected chi connectivity index (χ4v) is 5.47. The molecule has 0 saturated carbocycles. The van der Waals surface area contributed by atoms with E-state index < -0.39 is 10.0 Å². The Morgan fingerprint density at radius 2 is 2.00 bits per heavy atom. The van der Waals surface area contributed by atoms with Crippen molar-refractivity contribution >= 4 is 16.0 Å². The Morgan fingerprint density at radius 3 is 2.66 bits per heavy atom. The van der Waals surface area contributed by atoms with Gasteiger partial charge in [-0.15, -0.1) is 0 Å². The van der Waals surface area contributed by atoms with Crippen molar-refractivity contribution < 1.29 is 13.2 Å². The number of benzene rings is 1. The third-order valence-electron chi connectivity index (χ3n) is 5.62. The highest BCUT2D eigenvalue weighted by Gasteiger charge is 2.29. The number of ether oxygens (including phenoxy) is 1. The Bertz CT molecular complexity index is 800. The molecule has 0 amide bonds. The Balaban J connectivity index is 1.68. The number of guanidine groups is 1. The Morgan fingerprint density at radius 1 is 1.28 bits per heavy atom. The summed E-state index contributed by atoms with van der Waals surface area (Å²) in [5, 5.41) is 3.33. The van der Waals surface area contributed by atoms with Crippen molar-refractivity contribution in [3.8, 4) is 0 Å². The number of hydrogen-bond acceptors (Lipinski definition) is 5. The van der Waals surface area contributed by atoms with Crippen molar-refractivity contribution in [2.75, 3.05) is 67.1 Å². The molecule has 2 aliphatic rings. The fourth-order valence-electron chi connectivity index (χ4n) is 3.83. The summed E-state index contributed by atoms with van der Waals surface area (Å²) < 4.78 is 33.5. The maximum absolute atomic E-state index is 13.2. The van der Waals surface area contributed by atoms with E-state index in [9.17, 15) is 8.42 Å². The molecule has 162 valence electrons. The van der Waals surface area contributed by atoms with Crippen LogP contribution < -0.4 is 5.32 Å². The molecule has 0 bridgehead atoms. The van der Waals surface area contributed by atoms with Gasteiger partial charge in [-0.1, -0.05) is 18.2 Å². The molecule has 9 heteroatoms. The molecule has 1 atom stereocenters. The lowest BCUT2D eigenvalue weighted by atomic mass is 10.1. The van der Waals surface area contributed by atoms with E-state index in [1.54, 1.807) is 23.5 Å². The lowest BCUT2D eigenvalue weighted by molar-refractivity contribution is 0.181. The van der Waals surface area contributed by atoms with Crippen molar-refractivity contribution in [3.05, 3.63) is 29.8 Å². The van der Waals surface area contributed by atoms with Gasteiger partial charge in [0, 0.05) is 65.9 Å². The van der Waals surface area contributed by atoms with Crippen LogP contribution in [-0.4, -0.2) is 95.6 Å². The van der Waals surface area contributed by atoms with Gasteiger partial charge in [-0.25, -0.2) is 8.42 Å². The first-order valence-electron chi connectivity index (χ1n) is 10.2. The van der Waals surface area contributed by atoms with Crippen LogP contribution in [0.5, 0.6) is 0 Å². The van der Waals surface area contributed by atoms with Crippen molar-refractivity contribution in [2.45, 2.75) is 17.9 Å². The van der Waals surface area contributed by atoms with Crippen LogP contribution in [0.2, 0.25) is 0 Å². The van der Waals surface area contributed by atoms with Gasteiger partial charge in [0.1, 0.15) is 0 Å².